The van der Waals surface area contributed by atoms with Crippen LogP contribution in [0.25, 0.3) is 11.1 Å². The van der Waals surface area contributed by atoms with Crippen molar-refractivity contribution in [2.24, 2.45) is 0 Å². The largest absolute Gasteiger partial charge is 0.374 e. The molecule has 0 aromatic heterocycles. The molecular weight excluding hydrogens is 448 g/mol. The molecule has 0 saturated carbocycles. The minimum absolute atomic E-state index is 0.325. The van der Waals surface area contributed by atoms with Crippen molar-refractivity contribution < 1.29 is 4.74 Å². The lowest BCUT2D eigenvalue weighted by atomic mass is 9.98. The maximum Gasteiger partial charge on any atom is 0.0720 e. The van der Waals surface area contributed by atoms with Gasteiger partial charge in [0, 0.05) is 0 Å². The Bertz CT molecular complexity index is 942. The Morgan fingerprint density at radius 1 is 0.514 bits per heavy atom. The molecule has 3 aromatic carbocycles. The highest BCUT2D eigenvalue weighted by Gasteiger charge is 2.04. The highest BCUT2D eigenvalue weighted by atomic mass is 16.5. The van der Waals surface area contributed by atoms with Crippen LogP contribution in [0.15, 0.2) is 78.9 Å². The summed E-state index contributed by atoms with van der Waals surface area (Å²) in [5, 5.41) is 0. The zero-order chi connectivity index (χ0) is 26.0. The first-order chi connectivity index (χ1) is 18.2. The van der Waals surface area contributed by atoms with Gasteiger partial charge in [0.05, 0.1) is 12.7 Å². The minimum Gasteiger partial charge on any atom is -0.374 e. The molecule has 0 aliphatic heterocycles. The third-order valence-corrected chi connectivity index (χ3v) is 7.51. The Labute approximate surface area is 227 Å². The van der Waals surface area contributed by atoms with Crippen LogP contribution in [-0.2, 0) is 24.2 Å². The number of hydrogen-bond acceptors (Lipinski definition) is 1. The summed E-state index contributed by atoms with van der Waals surface area (Å²) < 4.78 is 6.00. The average molecular weight is 499 g/mol. The Kier molecular flexibility index (Phi) is 14.2. The van der Waals surface area contributed by atoms with Gasteiger partial charge in [-0.15, -0.1) is 0 Å². The SMILES string of the molecule is CCCCCCCCCCc1ccc(-c2ccc(CCCCCC(C)OCc3ccccc3)cc2)cc1. The molecule has 0 aliphatic rings. The van der Waals surface area contributed by atoms with Gasteiger partial charge in [-0.05, 0) is 66.8 Å². The van der Waals surface area contributed by atoms with E-state index in [-0.39, 0.29) is 0 Å². The third kappa shape index (κ3) is 12.1. The lowest BCUT2D eigenvalue weighted by Gasteiger charge is -2.13. The Hall–Kier alpha value is -2.38. The Morgan fingerprint density at radius 2 is 1.00 bits per heavy atom. The number of aryl methyl sites for hydroxylation is 2. The quantitative estimate of drug-likeness (QED) is 0.149. The van der Waals surface area contributed by atoms with Crippen molar-refractivity contribution in [1.82, 2.24) is 0 Å². The van der Waals surface area contributed by atoms with E-state index in [0.29, 0.717) is 6.10 Å². The molecule has 0 N–H and O–H groups in total. The fourth-order valence-corrected chi connectivity index (χ4v) is 5.02. The first kappa shape index (κ1) is 29.2. The lowest BCUT2D eigenvalue weighted by molar-refractivity contribution is 0.0459. The van der Waals surface area contributed by atoms with Gasteiger partial charge in [0.1, 0.15) is 0 Å². The van der Waals surface area contributed by atoms with Crippen molar-refractivity contribution in [3.05, 3.63) is 95.6 Å². The van der Waals surface area contributed by atoms with E-state index >= 15 is 0 Å². The second-order valence-electron chi connectivity index (χ2n) is 10.8. The Balaban J connectivity index is 1.27. The molecule has 0 radical (unpaired) electrons. The van der Waals surface area contributed by atoms with E-state index in [1.807, 2.05) is 0 Å². The van der Waals surface area contributed by atoms with Crippen LogP contribution in [0.2, 0.25) is 0 Å². The van der Waals surface area contributed by atoms with Crippen molar-refractivity contribution in [2.45, 2.75) is 116 Å². The maximum absolute atomic E-state index is 6.00. The molecule has 0 spiro atoms. The van der Waals surface area contributed by atoms with E-state index in [1.165, 1.54) is 105 Å². The van der Waals surface area contributed by atoms with Gasteiger partial charge in [-0.2, -0.15) is 0 Å². The van der Waals surface area contributed by atoms with E-state index in [9.17, 15) is 0 Å². The molecule has 1 heteroatoms. The van der Waals surface area contributed by atoms with Gasteiger partial charge in [0.25, 0.3) is 0 Å². The molecular formula is C36H50O. The van der Waals surface area contributed by atoms with Crippen LogP contribution in [0, 0.1) is 0 Å². The monoisotopic (exact) mass is 498 g/mol. The first-order valence-electron chi connectivity index (χ1n) is 15.1. The second-order valence-corrected chi connectivity index (χ2v) is 10.8. The lowest BCUT2D eigenvalue weighted by Crippen LogP contribution is -2.08. The predicted molar refractivity (Wildman–Crippen MR) is 161 cm³/mol. The number of ether oxygens (including phenoxy) is 1. The van der Waals surface area contributed by atoms with Gasteiger partial charge in [-0.25, -0.2) is 0 Å². The van der Waals surface area contributed by atoms with Gasteiger partial charge in [0.15, 0.2) is 0 Å². The maximum atomic E-state index is 6.00. The molecule has 0 saturated heterocycles. The van der Waals surface area contributed by atoms with Gasteiger partial charge >= 0.3 is 0 Å². The van der Waals surface area contributed by atoms with Crippen LogP contribution in [0.5, 0.6) is 0 Å². The zero-order valence-electron chi connectivity index (χ0n) is 23.6. The zero-order valence-corrected chi connectivity index (χ0v) is 23.6. The molecule has 200 valence electrons. The van der Waals surface area contributed by atoms with Crippen LogP contribution in [0.3, 0.4) is 0 Å². The summed E-state index contributed by atoms with van der Waals surface area (Å²) in [5.41, 5.74) is 6.84. The van der Waals surface area contributed by atoms with Gasteiger partial charge < -0.3 is 4.74 Å². The van der Waals surface area contributed by atoms with Crippen molar-refractivity contribution in [3.8, 4) is 11.1 Å². The summed E-state index contributed by atoms with van der Waals surface area (Å²) in [5.74, 6) is 0. The molecule has 0 fully saturated rings. The summed E-state index contributed by atoms with van der Waals surface area (Å²) in [4.78, 5) is 0. The van der Waals surface area contributed by atoms with Crippen molar-refractivity contribution in [2.75, 3.05) is 0 Å². The molecule has 1 atom stereocenters. The van der Waals surface area contributed by atoms with Crippen LogP contribution >= 0.6 is 0 Å². The van der Waals surface area contributed by atoms with E-state index in [0.717, 1.165) is 19.4 Å². The van der Waals surface area contributed by atoms with E-state index in [1.54, 1.807) is 0 Å². The molecule has 3 aromatic rings. The van der Waals surface area contributed by atoms with Crippen LogP contribution in [0.4, 0.5) is 0 Å². The molecule has 1 nitrogen and oxygen atoms in total. The molecule has 3 rings (SSSR count). The highest BCUT2D eigenvalue weighted by molar-refractivity contribution is 5.64. The highest BCUT2D eigenvalue weighted by Crippen LogP contribution is 2.22. The summed E-state index contributed by atoms with van der Waals surface area (Å²) in [6.45, 7) is 5.21. The van der Waals surface area contributed by atoms with Crippen molar-refractivity contribution in [1.29, 1.82) is 0 Å². The van der Waals surface area contributed by atoms with Crippen LogP contribution in [-0.4, -0.2) is 6.10 Å². The summed E-state index contributed by atoms with van der Waals surface area (Å²) in [7, 11) is 0. The smallest absolute Gasteiger partial charge is 0.0720 e. The second kappa shape index (κ2) is 18.0. The number of benzene rings is 3. The molecule has 0 amide bonds. The summed E-state index contributed by atoms with van der Waals surface area (Å²) in [6, 6.07) is 28.9. The molecule has 0 bridgehead atoms. The van der Waals surface area contributed by atoms with Gasteiger partial charge in [-0.1, -0.05) is 144 Å². The topological polar surface area (TPSA) is 9.23 Å². The fourth-order valence-electron chi connectivity index (χ4n) is 5.02. The van der Waals surface area contributed by atoms with Crippen molar-refractivity contribution >= 4 is 0 Å². The first-order valence-corrected chi connectivity index (χ1v) is 15.1. The number of hydrogen-bond donors (Lipinski definition) is 0. The average Bonchev–Trinajstić information content (AvgIpc) is 2.94. The van der Waals surface area contributed by atoms with E-state index in [4.69, 9.17) is 4.74 Å². The van der Waals surface area contributed by atoms with E-state index < -0.39 is 0 Å². The standard InChI is InChI=1S/C36H50O/c1-3-4-5-6-7-8-9-13-18-32-22-26-35(27-23-32)36-28-24-33(25-29-36)19-14-10-12-17-31(2)37-30-34-20-15-11-16-21-34/h11,15-16,20-29,31H,3-10,12-14,17-19,30H2,1-2H3. The normalized spacial score (nSPS) is 12.1. The fraction of sp³-hybridized carbons (Fsp3) is 0.500. The number of rotatable bonds is 19. The number of unbranched alkanes of at least 4 members (excludes halogenated alkanes) is 9. The molecule has 1 unspecified atom stereocenters. The molecule has 37 heavy (non-hydrogen) atoms. The van der Waals surface area contributed by atoms with Gasteiger partial charge in [-0.3, -0.25) is 0 Å². The Morgan fingerprint density at radius 3 is 1.54 bits per heavy atom. The van der Waals surface area contributed by atoms with Gasteiger partial charge in [0.2, 0.25) is 0 Å². The predicted octanol–water partition coefficient (Wildman–Crippen LogP) is 10.7. The summed E-state index contributed by atoms with van der Waals surface area (Å²) in [6.07, 6.45) is 18.7. The molecule has 0 heterocycles. The minimum atomic E-state index is 0.325. The third-order valence-electron chi connectivity index (χ3n) is 7.51. The summed E-state index contributed by atoms with van der Waals surface area (Å²) >= 11 is 0. The van der Waals surface area contributed by atoms with Crippen molar-refractivity contribution in [3.63, 3.8) is 0 Å². The van der Waals surface area contributed by atoms with E-state index in [2.05, 4.69) is 92.7 Å². The van der Waals surface area contributed by atoms with Crippen LogP contribution < -0.4 is 0 Å². The van der Waals surface area contributed by atoms with Crippen LogP contribution in [0.1, 0.15) is 108 Å². The molecule has 0 aliphatic carbocycles.